The van der Waals surface area contributed by atoms with Gasteiger partial charge in [-0.15, -0.1) is 0 Å². The van der Waals surface area contributed by atoms with Crippen LogP contribution in [-0.4, -0.2) is 43.3 Å². The molecule has 0 fully saturated rings. The number of rotatable bonds is 11. The molecule has 0 aliphatic carbocycles. The van der Waals surface area contributed by atoms with E-state index in [-0.39, 0.29) is 23.5 Å². The van der Waals surface area contributed by atoms with Crippen LogP contribution in [0.2, 0.25) is 5.02 Å². The quantitative estimate of drug-likeness (QED) is 0.200. The highest BCUT2D eigenvalue weighted by atomic mass is 35.5. The predicted octanol–water partition coefficient (Wildman–Crippen LogP) is 6.54. The van der Waals surface area contributed by atoms with Crippen LogP contribution in [0, 0.1) is 12.7 Å². The number of nitrogens with zero attached hydrogens (tertiary/aromatic N) is 2. The second kappa shape index (κ2) is 14.3. The number of hydrogen-bond donors (Lipinski definition) is 1. The molecule has 0 unspecified atom stereocenters. The van der Waals surface area contributed by atoms with Crippen molar-refractivity contribution in [2.45, 2.75) is 57.1 Å². The summed E-state index contributed by atoms with van der Waals surface area (Å²) in [5.41, 5.74) is 1.97. The van der Waals surface area contributed by atoms with Crippen molar-refractivity contribution < 1.29 is 22.4 Å². The van der Waals surface area contributed by atoms with Gasteiger partial charge in [-0.2, -0.15) is 0 Å². The molecule has 4 aromatic carbocycles. The van der Waals surface area contributed by atoms with Crippen LogP contribution < -0.4 is 9.62 Å². The van der Waals surface area contributed by atoms with E-state index in [0.29, 0.717) is 10.6 Å². The molecule has 1 atom stereocenters. The van der Waals surface area contributed by atoms with E-state index in [1.165, 1.54) is 41.3 Å². The zero-order valence-corrected chi connectivity index (χ0v) is 27.3. The molecular weight excluding hydrogens is 613 g/mol. The molecule has 4 rings (SSSR count). The Morgan fingerprint density at radius 3 is 2.02 bits per heavy atom. The van der Waals surface area contributed by atoms with Crippen molar-refractivity contribution in [2.75, 3.05) is 10.8 Å². The van der Waals surface area contributed by atoms with Crippen LogP contribution in [0.25, 0.3) is 0 Å². The molecule has 1 N–H and O–H groups in total. The lowest BCUT2D eigenvalue weighted by Gasteiger charge is -2.35. The molecule has 0 heterocycles. The van der Waals surface area contributed by atoms with Gasteiger partial charge >= 0.3 is 0 Å². The Morgan fingerprint density at radius 2 is 1.44 bits per heavy atom. The standard InChI is InChI=1S/C35H37ClFN3O4S/c1-25-10-18-30(19-11-25)40(45(43,44)31-20-14-28(36)15-21-31)24-33(41)39(23-27-12-16-29(37)17-13-27)32(34(42)38-35(2,3)4)22-26-8-6-5-7-9-26/h5-21,32H,22-24H2,1-4H3,(H,38,42)/t32-/m1/s1. The molecule has 0 aliphatic rings. The summed E-state index contributed by atoms with van der Waals surface area (Å²) in [5, 5.41) is 3.35. The van der Waals surface area contributed by atoms with Gasteiger partial charge in [0.1, 0.15) is 18.4 Å². The van der Waals surface area contributed by atoms with E-state index in [0.717, 1.165) is 15.4 Å². The fourth-order valence-electron chi connectivity index (χ4n) is 4.77. The van der Waals surface area contributed by atoms with Crippen molar-refractivity contribution in [3.8, 4) is 0 Å². The first-order valence-electron chi connectivity index (χ1n) is 14.5. The number of halogens is 2. The van der Waals surface area contributed by atoms with E-state index in [1.807, 2.05) is 58.0 Å². The van der Waals surface area contributed by atoms with Crippen molar-refractivity contribution in [1.82, 2.24) is 10.2 Å². The maximum Gasteiger partial charge on any atom is 0.264 e. The molecule has 0 saturated carbocycles. The van der Waals surface area contributed by atoms with Crippen LogP contribution in [0.15, 0.2) is 108 Å². The van der Waals surface area contributed by atoms with Crippen LogP contribution in [-0.2, 0) is 32.6 Å². The van der Waals surface area contributed by atoms with Crippen LogP contribution in [0.5, 0.6) is 0 Å². The summed E-state index contributed by atoms with van der Waals surface area (Å²) in [4.78, 5) is 29.7. The van der Waals surface area contributed by atoms with Gasteiger partial charge in [0.15, 0.2) is 0 Å². The third kappa shape index (κ3) is 9.15. The second-order valence-electron chi connectivity index (χ2n) is 11.9. The lowest BCUT2D eigenvalue weighted by atomic mass is 10.0. The lowest BCUT2D eigenvalue weighted by molar-refractivity contribution is -0.140. The van der Waals surface area contributed by atoms with Gasteiger partial charge in [0, 0.05) is 23.5 Å². The van der Waals surface area contributed by atoms with E-state index in [1.54, 1.807) is 36.4 Å². The van der Waals surface area contributed by atoms with Gasteiger partial charge in [-0.25, -0.2) is 12.8 Å². The van der Waals surface area contributed by atoms with E-state index >= 15 is 0 Å². The van der Waals surface area contributed by atoms with Gasteiger partial charge < -0.3 is 10.2 Å². The minimum absolute atomic E-state index is 0.0447. The van der Waals surface area contributed by atoms with Gasteiger partial charge in [-0.05, 0) is 87.4 Å². The monoisotopic (exact) mass is 649 g/mol. The molecule has 236 valence electrons. The molecule has 45 heavy (non-hydrogen) atoms. The highest BCUT2D eigenvalue weighted by molar-refractivity contribution is 7.92. The topological polar surface area (TPSA) is 86.8 Å². The molecule has 2 amide bonds. The Hall–Kier alpha value is -4.21. The summed E-state index contributed by atoms with van der Waals surface area (Å²) < 4.78 is 43.0. The molecule has 7 nitrogen and oxygen atoms in total. The van der Waals surface area contributed by atoms with Gasteiger partial charge in [0.05, 0.1) is 10.6 Å². The number of nitrogens with one attached hydrogen (secondary N) is 1. The van der Waals surface area contributed by atoms with E-state index in [4.69, 9.17) is 11.6 Å². The van der Waals surface area contributed by atoms with Gasteiger partial charge in [0.2, 0.25) is 11.8 Å². The predicted molar refractivity (Wildman–Crippen MR) is 176 cm³/mol. The normalized spacial score (nSPS) is 12.3. The Bertz CT molecular complexity index is 1710. The Kier molecular flexibility index (Phi) is 10.7. The van der Waals surface area contributed by atoms with E-state index in [9.17, 15) is 22.4 Å². The second-order valence-corrected chi connectivity index (χ2v) is 14.2. The third-order valence-electron chi connectivity index (χ3n) is 7.04. The molecule has 0 aliphatic heterocycles. The summed E-state index contributed by atoms with van der Waals surface area (Å²) in [5.74, 6) is -1.45. The maximum absolute atomic E-state index is 14.4. The zero-order chi connectivity index (χ0) is 32.8. The molecule has 0 aromatic heterocycles. The SMILES string of the molecule is Cc1ccc(N(CC(=O)N(Cc2ccc(F)cc2)[C@H](Cc2ccccc2)C(=O)NC(C)(C)C)S(=O)(=O)c2ccc(Cl)cc2)cc1. The summed E-state index contributed by atoms with van der Waals surface area (Å²) in [6.07, 6.45) is 0.171. The van der Waals surface area contributed by atoms with Crippen molar-refractivity contribution >= 4 is 39.1 Å². The molecule has 0 spiro atoms. The number of benzene rings is 4. The summed E-state index contributed by atoms with van der Waals surface area (Å²) in [6, 6.07) is 26.4. The van der Waals surface area contributed by atoms with E-state index in [2.05, 4.69) is 5.32 Å². The average Bonchev–Trinajstić information content (AvgIpc) is 2.99. The average molecular weight is 650 g/mol. The zero-order valence-electron chi connectivity index (χ0n) is 25.7. The van der Waals surface area contributed by atoms with E-state index < -0.39 is 45.8 Å². The van der Waals surface area contributed by atoms with Crippen molar-refractivity contribution in [3.05, 3.63) is 131 Å². The summed E-state index contributed by atoms with van der Waals surface area (Å²) in [6.45, 7) is 6.75. The van der Waals surface area contributed by atoms with Crippen LogP contribution in [0.4, 0.5) is 10.1 Å². The first kappa shape index (κ1) is 33.7. The third-order valence-corrected chi connectivity index (χ3v) is 9.08. The number of carbonyl (C=O) groups is 2. The first-order valence-corrected chi connectivity index (χ1v) is 16.3. The molecule has 0 saturated heterocycles. The summed E-state index contributed by atoms with van der Waals surface area (Å²) in [7, 11) is -4.25. The van der Waals surface area contributed by atoms with Crippen LogP contribution in [0.3, 0.4) is 0 Å². The Balaban J connectivity index is 1.81. The molecule has 4 aromatic rings. The Labute approximate surface area is 269 Å². The number of aryl methyl sites for hydroxylation is 1. The van der Waals surface area contributed by atoms with Crippen LogP contribution >= 0.6 is 11.6 Å². The van der Waals surface area contributed by atoms with Crippen LogP contribution in [0.1, 0.15) is 37.5 Å². The first-order chi connectivity index (χ1) is 21.2. The van der Waals surface area contributed by atoms with Gasteiger partial charge in [0.25, 0.3) is 10.0 Å². The number of sulfonamides is 1. The minimum atomic E-state index is -4.25. The largest absolute Gasteiger partial charge is 0.350 e. The van der Waals surface area contributed by atoms with Crippen molar-refractivity contribution in [3.63, 3.8) is 0 Å². The van der Waals surface area contributed by atoms with Crippen molar-refractivity contribution in [2.24, 2.45) is 0 Å². The summed E-state index contributed by atoms with van der Waals surface area (Å²) >= 11 is 6.03. The molecule has 0 radical (unpaired) electrons. The molecular formula is C35H37ClFN3O4S. The van der Waals surface area contributed by atoms with Gasteiger partial charge in [-0.3, -0.25) is 13.9 Å². The number of carbonyl (C=O) groups excluding carboxylic acids is 2. The fraction of sp³-hybridized carbons (Fsp3) is 0.257. The molecule has 0 bridgehead atoms. The Morgan fingerprint density at radius 1 is 0.844 bits per heavy atom. The highest BCUT2D eigenvalue weighted by Gasteiger charge is 2.35. The lowest BCUT2D eigenvalue weighted by Crippen LogP contribution is -2.56. The maximum atomic E-state index is 14.4. The van der Waals surface area contributed by atoms with Crippen molar-refractivity contribution in [1.29, 1.82) is 0 Å². The molecule has 10 heteroatoms. The fourth-order valence-corrected chi connectivity index (χ4v) is 6.31. The minimum Gasteiger partial charge on any atom is -0.350 e. The highest BCUT2D eigenvalue weighted by Crippen LogP contribution is 2.26. The number of hydrogen-bond acceptors (Lipinski definition) is 4. The smallest absolute Gasteiger partial charge is 0.264 e. The number of amides is 2. The number of anilines is 1. The van der Waals surface area contributed by atoms with Gasteiger partial charge in [-0.1, -0.05) is 71.8 Å².